The Morgan fingerprint density at radius 3 is 2.36 bits per heavy atom. The predicted molar refractivity (Wildman–Crippen MR) is 86.5 cm³/mol. The molecule has 3 aromatic rings. The zero-order chi connectivity index (χ0) is 15.9. The lowest BCUT2D eigenvalue weighted by atomic mass is 9.91. The summed E-state index contributed by atoms with van der Waals surface area (Å²) in [5.74, 6) is 0.0231. The molecule has 1 atom stereocenters. The topological polar surface area (TPSA) is 33.1 Å². The number of hydrogen-bond acceptors (Lipinski definition) is 2. The molecule has 1 aromatic heterocycles. The van der Waals surface area contributed by atoms with Gasteiger partial charge in [0.05, 0.1) is 5.69 Å². The highest BCUT2D eigenvalue weighted by Crippen LogP contribution is 2.33. The number of nitrogens with zero attached hydrogens (tertiary/aromatic N) is 1. The van der Waals surface area contributed by atoms with E-state index < -0.39 is 0 Å². The number of halogens is 1. The molecule has 0 fully saturated rings. The van der Waals surface area contributed by atoms with E-state index in [4.69, 9.17) is 0 Å². The Balaban J connectivity index is 2.10. The summed E-state index contributed by atoms with van der Waals surface area (Å²) >= 11 is 0. The molecule has 111 valence electrons. The van der Waals surface area contributed by atoms with Crippen LogP contribution in [0, 0.1) is 19.7 Å². The van der Waals surface area contributed by atoms with Gasteiger partial charge >= 0.3 is 0 Å². The molecule has 1 unspecified atom stereocenters. The molecule has 0 aliphatic carbocycles. The maximum absolute atomic E-state index is 13.1. The maximum Gasteiger partial charge on any atom is 0.144 e. The molecule has 0 saturated heterocycles. The van der Waals surface area contributed by atoms with Crippen molar-refractivity contribution in [3.05, 3.63) is 77.7 Å². The van der Waals surface area contributed by atoms with Crippen LogP contribution in [-0.4, -0.2) is 10.1 Å². The SMILES string of the molecule is [CH2]c1nc(C)c2cc(C(C)c3ccc(F)cc3)ccc2c1O. The highest BCUT2D eigenvalue weighted by molar-refractivity contribution is 5.91. The molecule has 0 aliphatic heterocycles. The van der Waals surface area contributed by atoms with Gasteiger partial charge in [0, 0.05) is 22.4 Å². The first kappa shape index (κ1) is 14.5. The monoisotopic (exact) mass is 294 g/mol. The molecule has 22 heavy (non-hydrogen) atoms. The summed E-state index contributed by atoms with van der Waals surface area (Å²) in [5, 5.41) is 11.8. The van der Waals surface area contributed by atoms with E-state index >= 15 is 0 Å². The summed E-state index contributed by atoms with van der Waals surface area (Å²) in [7, 11) is 0. The third-order valence-corrected chi connectivity index (χ3v) is 4.13. The zero-order valence-electron chi connectivity index (χ0n) is 12.6. The number of benzene rings is 2. The molecule has 0 amide bonds. The van der Waals surface area contributed by atoms with Crippen LogP contribution >= 0.6 is 0 Å². The molecule has 0 saturated carbocycles. The lowest BCUT2D eigenvalue weighted by molar-refractivity contribution is 0.476. The Morgan fingerprint density at radius 2 is 1.68 bits per heavy atom. The number of pyridine rings is 1. The van der Waals surface area contributed by atoms with Crippen molar-refractivity contribution < 1.29 is 9.50 Å². The highest BCUT2D eigenvalue weighted by Gasteiger charge is 2.13. The standard InChI is InChI=1S/C19H17FNO/c1-11(14-4-7-16(20)8-5-14)15-6-9-17-18(10-15)12(2)21-13(3)19(17)22/h4-11,22H,3H2,1-2H3. The van der Waals surface area contributed by atoms with Crippen molar-refractivity contribution in [2.24, 2.45) is 0 Å². The predicted octanol–water partition coefficient (Wildman–Crippen LogP) is 4.72. The van der Waals surface area contributed by atoms with Gasteiger partial charge in [0.15, 0.2) is 0 Å². The third kappa shape index (κ3) is 2.43. The van der Waals surface area contributed by atoms with Gasteiger partial charge in [-0.1, -0.05) is 31.2 Å². The fourth-order valence-corrected chi connectivity index (χ4v) is 2.75. The average Bonchev–Trinajstić information content (AvgIpc) is 2.52. The maximum atomic E-state index is 13.1. The minimum atomic E-state index is -0.234. The van der Waals surface area contributed by atoms with Crippen LogP contribution in [0.5, 0.6) is 5.75 Å². The minimum absolute atomic E-state index is 0.126. The van der Waals surface area contributed by atoms with Crippen LogP contribution in [0.2, 0.25) is 0 Å². The number of fused-ring (bicyclic) bond motifs is 1. The molecule has 1 N–H and O–H groups in total. The summed E-state index contributed by atoms with van der Waals surface area (Å²) in [6.07, 6.45) is 0. The van der Waals surface area contributed by atoms with E-state index in [0.717, 1.165) is 27.6 Å². The van der Waals surface area contributed by atoms with Gasteiger partial charge in [-0.25, -0.2) is 4.39 Å². The van der Waals surface area contributed by atoms with Crippen molar-refractivity contribution in [3.8, 4) is 5.75 Å². The molecule has 3 rings (SSSR count). The second-order valence-electron chi connectivity index (χ2n) is 5.57. The Bertz CT molecular complexity index is 840. The molecule has 1 radical (unpaired) electrons. The number of aromatic hydroxyl groups is 1. The van der Waals surface area contributed by atoms with E-state index in [-0.39, 0.29) is 17.5 Å². The van der Waals surface area contributed by atoms with Gasteiger partial charge in [-0.05, 0) is 43.2 Å². The largest absolute Gasteiger partial charge is 0.505 e. The molecule has 2 aromatic carbocycles. The molecule has 0 spiro atoms. The van der Waals surface area contributed by atoms with Crippen molar-refractivity contribution in [2.75, 3.05) is 0 Å². The molecule has 2 nitrogen and oxygen atoms in total. The van der Waals surface area contributed by atoms with Gasteiger partial charge in [0.1, 0.15) is 11.6 Å². The third-order valence-electron chi connectivity index (χ3n) is 4.13. The van der Waals surface area contributed by atoms with Gasteiger partial charge in [-0.3, -0.25) is 4.98 Å². The van der Waals surface area contributed by atoms with E-state index in [0.29, 0.717) is 5.69 Å². The summed E-state index contributed by atoms with van der Waals surface area (Å²) in [5.41, 5.74) is 3.37. The number of aromatic nitrogens is 1. The van der Waals surface area contributed by atoms with Crippen LogP contribution in [0.15, 0.2) is 42.5 Å². The van der Waals surface area contributed by atoms with E-state index in [9.17, 15) is 9.50 Å². The van der Waals surface area contributed by atoms with Crippen LogP contribution in [-0.2, 0) is 0 Å². The van der Waals surface area contributed by atoms with Crippen molar-refractivity contribution in [2.45, 2.75) is 19.8 Å². The Morgan fingerprint density at radius 1 is 1.05 bits per heavy atom. The van der Waals surface area contributed by atoms with Crippen molar-refractivity contribution in [3.63, 3.8) is 0 Å². The molecular formula is C19H17FNO. The fourth-order valence-electron chi connectivity index (χ4n) is 2.75. The minimum Gasteiger partial charge on any atom is -0.505 e. The fraction of sp³-hybridized carbons (Fsp3) is 0.158. The number of aryl methyl sites for hydroxylation is 1. The van der Waals surface area contributed by atoms with Gasteiger partial charge in [-0.15, -0.1) is 0 Å². The molecule has 0 aliphatic rings. The Hall–Kier alpha value is -2.42. The molecule has 1 heterocycles. The summed E-state index contributed by atoms with van der Waals surface area (Å²) in [6, 6.07) is 12.4. The normalized spacial score (nSPS) is 12.5. The van der Waals surface area contributed by atoms with Crippen LogP contribution in [0.25, 0.3) is 10.8 Å². The number of rotatable bonds is 2. The molecular weight excluding hydrogens is 277 g/mol. The van der Waals surface area contributed by atoms with Crippen LogP contribution in [0.1, 0.15) is 35.4 Å². The van der Waals surface area contributed by atoms with Gasteiger partial charge in [-0.2, -0.15) is 0 Å². The van der Waals surface area contributed by atoms with Crippen LogP contribution in [0.4, 0.5) is 4.39 Å². The average molecular weight is 294 g/mol. The van der Waals surface area contributed by atoms with Crippen molar-refractivity contribution >= 4 is 10.8 Å². The summed E-state index contributed by atoms with van der Waals surface area (Å²) < 4.78 is 13.1. The smallest absolute Gasteiger partial charge is 0.144 e. The first-order chi connectivity index (χ1) is 10.5. The van der Waals surface area contributed by atoms with Crippen LogP contribution in [0.3, 0.4) is 0 Å². The first-order valence-electron chi connectivity index (χ1n) is 7.18. The van der Waals surface area contributed by atoms with E-state index in [1.54, 1.807) is 12.1 Å². The summed E-state index contributed by atoms with van der Waals surface area (Å²) in [6.45, 7) is 7.73. The zero-order valence-corrected chi connectivity index (χ0v) is 12.6. The van der Waals surface area contributed by atoms with E-state index in [1.807, 2.05) is 25.1 Å². The second-order valence-corrected chi connectivity index (χ2v) is 5.57. The lowest BCUT2D eigenvalue weighted by Crippen LogP contribution is -1.98. The molecule has 3 heteroatoms. The highest BCUT2D eigenvalue weighted by atomic mass is 19.1. The lowest BCUT2D eigenvalue weighted by Gasteiger charge is -2.15. The van der Waals surface area contributed by atoms with Crippen LogP contribution < -0.4 is 0 Å². The quantitative estimate of drug-likeness (QED) is 0.741. The summed E-state index contributed by atoms with van der Waals surface area (Å²) in [4.78, 5) is 4.28. The van der Waals surface area contributed by atoms with Crippen molar-refractivity contribution in [1.29, 1.82) is 0 Å². The first-order valence-corrected chi connectivity index (χ1v) is 7.18. The van der Waals surface area contributed by atoms with Gasteiger partial charge < -0.3 is 5.11 Å². The van der Waals surface area contributed by atoms with Gasteiger partial charge in [0.2, 0.25) is 0 Å². The number of hydrogen-bond donors (Lipinski definition) is 1. The Kier molecular flexibility index (Phi) is 3.57. The Labute approximate surface area is 129 Å². The van der Waals surface area contributed by atoms with E-state index in [1.165, 1.54) is 12.1 Å². The van der Waals surface area contributed by atoms with Crippen molar-refractivity contribution in [1.82, 2.24) is 4.98 Å². The second kappa shape index (κ2) is 5.41. The van der Waals surface area contributed by atoms with E-state index in [2.05, 4.69) is 18.8 Å². The van der Waals surface area contributed by atoms with Gasteiger partial charge in [0.25, 0.3) is 0 Å². The molecule has 0 bridgehead atoms.